The molecule has 0 bridgehead atoms. The molecule has 1 saturated heterocycles. The van der Waals surface area contributed by atoms with Gasteiger partial charge >= 0.3 is 18.4 Å². The normalized spacial score (nSPS) is 20.0. The highest BCUT2D eigenvalue weighted by Crippen LogP contribution is 2.48. The zero-order chi connectivity index (χ0) is 34.5. The van der Waals surface area contributed by atoms with Crippen LogP contribution in [0.15, 0.2) is 54.7 Å². The van der Waals surface area contributed by atoms with Gasteiger partial charge in [0.2, 0.25) is 6.10 Å². The third-order valence-electron chi connectivity index (χ3n) is 8.12. The molecule has 0 unspecified atom stereocenters. The molecule has 254 valence electrons. The Morgan fingerprint density at radius 2 is 1.81 bits per heavy atom. The van der Waals surface area contributed by atoms with E-state index in [2.05, 4.69) is 10.1 Å². The zero-order valence-corrected chi connectivity index (χ0v) is 26.4. The van der Waals surface area contributed by atoms with Gasteiger partial charge in [0.25, 0.3) is 0 Å². The number of ether oxygens (including phenoxy) is 3. The lowest BCUT2D eigenvalue weighted by molar-refractivity contribution is -0.207. The van der Waals surface area contributed by atoms with Gasteiger partial charge in [-0.25, -0.2) is 23.4 Å². The van der Waals surface area contributed by atoms with E-state index in [0.717, 1.165) is 17.0 Å². The molecule has 4 heterocycles. The standard InChI is InChI=1S/C33H32F5N5O5/c1-32(2,3)48-30(44)41-14-12-25(23(35)17-41)43-24-10-7-19(34)15-22(24)27(40-43)21-11-13-39-29-26(21)28(33(36,37)38)47-31(45)42(29)16-18-5-8-20(46-4)9-6-18/h5-11,13,15,23,25,28H,12,14,16-17H2,1-4H3/t23-,25+,28-/m1/s1. The van der Waals surface area contributed by atoms with E-state index in [1.54, 1.807) is 45.0 Å². The van der Waals surface area contributed by atoms with E-state index in [1.165, 1.54) is 35.0 Å². The molecule has 2 aromatic carbocycles. The molecule has 0 radical (unpaired) electrons. The number of cyclic esters (lactones) is 1. The molecule has 48 heavy (non-hydrogen) atoms. The number of amides is 2. The minimum Gasteiger partial charge on any atom is -0.497 e. The number of pyridine rings is 1. The van der Waals surface area contributed by atoms with Crippen molar-refractivity contribution in [1.29, 1.82) is 0 Å². The van der Waals surface area contributed by atoms with Crippen molar-refractivity contribution in [3.8, 4) is 17.0 Å². The van der Waals surface area contributed by atoms with Crippen LogP contribution in [0.1, 0.15) is 50.5 Å². The number of methoxy groups -OCH3 is 1. The lowest BCUT2D eigenvalue weighted by atomic mass is 9.97. The fourth-order valence-corrected chi connectivity index (χ4v) is 5.96. The Morgan fingerprint density at radius 3 is 2.46 bits per heavy atom. The number of halogens is 5. The summed E-state index contributed by atoms with van der Waals surface area (Å²) in [6.07, 6.45) is -10.0. The number of anilines is 1. The minimum atomic E-state index is -5.05. The van der Waals surface area contributed by atoms with Crippen molar-refractivity contribution < 1.29 is 45.8 Å². The molecular formula is C33H32F5N5O5. The Bertz CT molecular complexity index is 1860. The number of benzene rings is 2. The summed E-state index contributed by atoms with van der Waals surface area (Å²) in [5.41, 5.74) is -0.660. The van der Waals surface area contributed by atoms with E-state index < -0.39 is 53.7 Å². The molecule has 0 N–H and O–H groups in total. The Morgan fingerprint density at radius 1 is 1.08 bits per heavy atom. The molecule has 2 amide bonds. The molecule has 0 aliphatic carbocycles. The fraction of sp³-hybridized carbons (Fsp3) is 0.394. The SMILES string of the molecule is COc1ccc(CN2C(=O)O[C@@H](C(F)(F)F)c3c(-c4nn([C@H]5CCN(C(=O)OC(C)(C)C)C[C@H]5F)c5ccc(F)cc45)ccnc32)cc1. The molecule has 2 aromatic heterocycles. The van der Waals surface area contributed by atoms with Crippen LogP contribution in [0.25, 0.3) is 22.2 Å². The number of carbonyl (C=O) groups excluding carboxylic acids is 2. The average molecular weight is 674 g/mol. The van der Waals surface area contributed by atoms with Crippen molar-refractivity contribution in [3.05, 3.63) is 71.7 Å². The lowest BCUT2D eigenvalue weighted by Crippen LogP contribution is -2.47. The van der Waals surface area contributed by atoms with E-state index in [-0.39, 0.29) is 54.0 Å². The summed E-state index contributed by atoms with van der Waals surface area (Å²) in [5.74, 6) is -0.462. The molecule has 15 heteroatoms. The van der Waals surface area contributed by atoms with Gasteiger partial charge in [0.15, 0.2) is 0 Å². The van der Waals surface area contributed by atoms with Gasteiger partial charge in [0.05, 0.1) is 37.3 Å². The van der Waals surface area contributed by atoms with Crippen LogP contribution in [0.5, 0.6) is 5.75 Å². The van der Waals surface area contributed by atoms with Crippen molar-refractivity contribution in [2.45, 2.75) is 63.8 Å². The molecule has 1 fully saturated rings. The number of piperidine rings is 1. The number of aromatic nitrogens is 3. The second-order valence-electron chi connectivity index (χ2n) is 12.6. The van der Waals surface area contributed by atoms with Crippen LogP contribution in [0, 0.1) is 5.82 Å². The summed E-state index contributed by atoms with van der Waals surface area (Å²) in [6, 6.07) is 10.5. The van der Waals surface area contributed by atoms with Crippen molar-refractivity contribution in [1.82, 2.24) is 19.7 Å². The van der Waals surface area contributed by atoms with Crippen LogP contribution in [-0.4, -0.2) is 70.0 Å². The van der Waals surface area contributed by atoms with Crippen molar-refractivity contribution in [3.63, 3.8) is 0 Å². The predicted molar refractivity (Wildman–Crippen MR) is 164 cm³/mol. The van der Waals surface area contributed by atoms with Crippen molar-refractivity contribution in [2.24, 2.45) is 0 Å². The number of rotatable bonds is 5. The van der Waals surface area contributed by atoms with Gasteiger partial charge in [-0.2, -0.15) is 18.3 Å². The Labute approximate surface area is 272 Å². The highest BCUT2D eigenvalue weighted by atomic mass is 19.4. The first-order valence-corrected chi connectivity index (χ1v) is 15.1. The average Bonchev–Trinajstić information content (AvgIpc) is 3.38. The predicted octanol–water partition coefficient (Wildman–Crippen LogP) is 7.53. The van der Waals surface area contributed by atoms with E-state index >= 15 is 4.39 Å². The van der Waals surface area contributed by atoms with Crippen LogP contribution >= 0.6 is 0 Å². The summed E-state index contributed by atoms with van der Waals surface area (Å²) < 4.78 is 91.0. The van der Waals surface area contributed by atoms with Crippen LogP contribution in [0.4, 0.5) is 37.4 Å². The third-order valence-corrected chi connectivity index (χ3v) is 8.12. The van der Waals surface area contributed by atoms with Crippen LogP contribution < -0.4 is 9.64 Å². The first-order valence-electron chi connectivity index (χ1n) is 15.1. The Hall–Kier alpha value is -4.95. The smallest absolute Gasteiger partial charge is 0.430 e. The highest BCUT2D eigenvalue weighted by molar-refractivity contribution is 5.97. The van der Waals surface area contributed by atoms with Crippen LogP contribution in [0.2, 0.25) is 0 Å². The molecule has 0 saturated carbocycles. The number of hydrogen-bond acceptors (Lipinski definition) is 7. The van der Waals surface area contributed by atoms with Crippen LogP contribution in [0.3, 0.4) is 0 Å². The molecule has 2 aliphatic heterocycles. The van der Waals surface area contributed by atoms with Crippen LogP contribution in [-0.2, 0) is 16.0 Å². The summed E-state index contributed by atoms with van der Waals surface area (Å²) in [6.45, 7) is 4.72. The maximum absolute atomic E-state index is 15.8. The highest BCUT2D eigenvalue weighted by Gasteiger charge is 2.51. The first kappa shape index (κ1) is 33.0. The summed E-state index contributed by atoms with van der Waals surface area (Å²) in [5, 5.41) is 4.70. The Kier molecular flexibility index (Phi) is 8.42. The summed E-state index contributed by atoms with van der Waals surface area (Å²) in [4.78, 5) is 32.0. The maximum Gasteiger partial charge on any atom is 0.430 e. The summed E-state index contributed by atoms with van der Waals surface area (Å²) in [7, 11) is 1.48. The lowest BCUT2D eigenvalue weighted by Gasteiger charge is -2.36. The second kappa shape index (κ2) is 12.3. The zero-order valence-electron chi connectivity index (χ0n) is 26.4. The van der Waals surface area contributed by atoms with Gasteiger partial charge in [-0.1, -0.05) is 12.1 Å². The van der Waals surface area contributed by atoms with Gasteiger partial charge < -0.3 is 19.1 Å². The molecule has 10 nitrogen and oxygen atoms in total. The molecule has 6 rings (SSSR count). The largest absolute Gasteiger partial charge is 0.497 e. The number of hydrogen-bond donors (Lipinski definition) is 0. The number of fused-ring (bicyclic) bond motifs is 2. The van der Waals surface area contributed by atoms with Gasteiger partial charge in [-0.05, 0) is 69.2 Å². The molecule has 3 atom stereocenters. The molecule has 4 aromatic rings. The van der Waals surface area contributed by atoms with Gasteiger partial charge in [0, 0.05) is 23.7 Å². The monoisotopic (exact) mass is 673 g/mol. The Balaban J connectivity index is 1.44. The van der Waals surface area contributed by atoms with E-state index in [9.17, 15) is 27.2 Å². The molecule has 0 spiro atoms. The molecule has 2 aliphatic rings. The first-order chi connectivity index (χ1) is 22.6. The van der Waals surface area contributed by atoms with Gasteiger partial charge in [0.1, 0.15) is 34.9 Å². The van der Waals surface area contributed by atoms with Gasteiger partial charge in [-0.15, -0.1) is 0 Å². The van der Waals surface area contributed by atoms with Crippen molar-refractivity contribution in [2.75, 3.05) is 25.1 Å². The quantitative estimate of drug-likeness (QED) is 0.202. The minimum absolute atomic E-state index is 0.0819. The second-order valence-corrected chi connectivity index (χ2v) is 12.6. The third kappa shape index (κ3) is 6.32. The van der Waals surface area contributed by atoms with Crippen molar-refractivity contribution >= 4 is 28.9 Å². The molecular weight excluding hydrogens is 641 g/mol. The van der Waals surface area contributed by atoms with Gasteiger partial charge in [-0.3, -0.25) is 9.58 Å². The topological polar surface area (TPSA) is 99.0 Å². The maximum atomic E-state index is 15.8. The van der Waals surface area contributed by atoms with E-state index in [0.29, 0.717) is 11.3 Å². The number of alkyl halides is 4. The number of carbonyl (C=O) groups is 2. The summed E-state index contributed by atoms with van der Waals surface area (Å²) >= 11 is 0. The number of likely N-dealkylation sites (tertiary alicyclic amines) is 1. The number of nitrogens with zero attached hydrogens (tertiary/aromatic N) is 5. The fourth-order valence-electron chi connectivity index (χ4n) is 5.96. The van der Waals surface area contributed by atoms with E-state index in [4.69, 9.17) is 14.2 Å². The van der Waals surface area contributed by atoms with E-state index in [1.807, 2.05) is 0 Å².